The summed E-state index contributed by atoms with van der Waals surface area (Å²) < 4.78 is 7.42. The minimum atomic E-state index is -0.0533. The van der Waals surface area contributed by atoms with Crippen LogP contribution < -0.4 is 4.74 Å². The first-order valence-corrected chi connectivity index (χ1v) is 18.7. The van der Waals surface area contributed by atoms with E-state index < -0.39 is 0 Å². The zero-order valence-corrected chi connectivity index (χ0v) is 29.4. The number of fused-ring (bicyclic) bond motifs is 1. The van der Waals surface area contributed by atoms with E-state index in [1.54, 1.807) is 0 Å². The van der Waals surface area contributed by atoms with E-state index in [0.29, 0.717) is 5.92 Å². The second kappa shape index (κ2) is 16.0. The van der Waals surface area contributed by atoms with Gasteiger partial charge in [0.1, 0.15) is 5.75 Å². The lowest BCUT2D eigenvalue weighted by atomic mass is 9.65. The highest BCUT2D eigenvalue weighted by Crippen LogP contribution is 2.48. The molecule has 4 unspecified atom stereocenters. The van der Waals surface area contributed by atoms with Gasteiger partial charge in [0.05, 0.1) is 12.2 Å². The Morgan fingerprint density at radius 2 is 1.32 bits per heavy atom. The number of hydrogen-bond acceptors (Lipinski definition) is 2. The summed E-state index contributed by atoms with van der Waals surface area (Å²) in [5.41, 5.74) is 4.15. The van der Waals surface area contributed by atoms with E-state index in [1.165, 1.54) is 93.7 Å². The molecule has 0 spiro atoms. The van der Waals surface area contributed by atoms with E-state index in [2.05, 4.69) is 88.4 Å². The van der Waals surface area contributed by atoms with Crippen LogP contribution in [0, 0.1) is 42.4 Å². The van der Waals surface area contributed by atoms with Gasteiger partial charge in [-0.25, -0.2) is 0 Å². The number of halogens is 1. The Bertz CT molecular complexity index is 949. The first kappa shape index (κ1) is 33.3. The van der Waals surface area contributed by atoms with Gasteiger partial charge in [0, 0.05) is 9.49 Å². The van der Waals surface area contributed by atoms with Crippen molar-refractivity contribution in [3.63, 3.8) is 0 Å². The molecule has 3 heteroatoms. The van der Waals surface area contributed by atoms with Crippen LogP contribution in [0.1, 0.15) is 147 Å². The highest BCUT2D eigenvalue weighted by molar-refractivity contribution is 14.1. The van der Waals surface area contributed by atoms with Crippen molar-refractivity contribution in [3.05, 3.63) is 34.9 Å². The largest absolute Gasteiger partial charge is 0.490 e. The monoisotopic (exact) mass is 676 g/mol. The molecular formula is C38H61IO2. The fourth-order valence-electron chi connectivity index (χ4n) is 8.44. The lowest BCUT2D eigenvalue weighted by Crippen LogP contribution is -2.32. The molecule has 4 atom stereocenters. The Morgan fingerprint density at radius 3 is 1.95 bits per heavy atom. The molecule has 1 aromatic carbocycles. The van der Waals surface area contributed by atoms with Gasteiger partial charge in [0.25, 0.3) is 0 Å². The van der Waals surface area contributed by atoms with Crippen LogP contribution >= 0.6 is 22.6 Å². The summed E-state index contributed by atoms with van der Waals surface area (Å²) in [6.07, 6.45) is 23.5. The van der Waals surface area contributed by atoms with E-state index in [0.717, 1.165) is 58.0 Å². The van der Waals surface area contributed by atoms with Crippen LogP contribution in [0.15, 0.2) is 18.2 Å². The minimum absolute atomic E-state index is 0.0533. The van der Waals surface area contributed by atoms with Crippen LogP contribution in [0.3, 0.4) is 0 Å². The van der Waals surface area contributed by atoms with E-state index >= 15 is 0 Å². The quantitative estimate of drug-likeness (QED) is 0.240. The standard InChI is InChI=1S/C34H51IO2.C4H10/c1-22(2)37-34-23(3)33(30-11-10-29-21-32(36)18-14-28(29)20-30)19-15-27(34)9-6-24-4-7-25(8-5-24)26-12-16-31(35)17-13-26;1-4(2)3/h6,9,15,19,22,24-26,28-32,36H,4-5,7-8,10-14,16-18,20-21H2,1-3H3;4H,1-3H3/b9-6+;. The summed E-state index contributed by atoms with van der Waals surface area (Å²) in [6.45, 7) is 13.1. The maximum absolute atomic E-state index is 10.1. The highest BCUT2D eigenvalue weighted by Gasteiger charge is 2.36. The van der Waals surface area contributed by atoms with E-state index in [-0.39, 0.29) is 12.2 Å². The van der Waals surface area contributed by atoms with Crippen LogP contribution in [-0.4, -0.2) is 21.2 Å². The van der Waals surface area contributed by atoms with Crippen molar-refractivity contribution in [3.8, 4) is 5.75 Å². The zero-order valence-electron chi connectivity index (χ0n) is 27.2. The van der Waals surface area contributed by atoms with Crippen molar-refractivity contribution in [2.75, 3.05) is 0 Å². The predicted octanol–water partition coefficient (Wildman–Crippen LogP) is 11.3. The molecule has 0 amide bonds. The molecular weight excluding hydrogens is 615 g/mol. The van der Waals surface area contributed by atoms with Gasteiger partial charge in [-0.15, -0.1) is 0 Å². The highest BCUT2D eigenvalue weighted by atomic mass is 127. The summed E-state index contributed by atoms with van der Waals surface area (Å²) in [5, 5.41) is 10.1. The zero-order chi connectivity index (χ0) is 29.5. The van der Waals surface area contributed by atoms with Crippen LogP contribution in [0.5, 0.6) is 5.75 Å². The van der Waals surface area contributed by atoms with Crippen molar-refractivity contribution < 1.29 is 9.84 Å². The number of allylic oxidation sites excluding steroid dienone is 1. The average Bonchev–Trinajstić information content (AvgIpc) is 2.93. The number of rotatable bonds is 6. The van der Waals surface area contributed by atoms with Crippen LogP contribution in [-0.2, 0) is 0 Å². The van der Waals surface area contributed by atoms with Crippen molar-refractivity contribution in [2.24, 2.45) is 35.5 Å². The number of benzene rings is 1. The fourth-order valence-corrected chi connectivity index (χ4v) is 9.16. The normalized spacial score (nSPS) is 34.3. The number of aliphatic hydroxyl groups excluding tert-OH is 1. The second-order valence-electron chi connectivity index (χ2n) is 15.1. The van der Waals surface area contributed by atoms with Crippen molar-refractivity contribution in [1.82, 2.24) is 0 Å². The third-order valence-corrected chi connectivity index (χ3v) is 11.8. The first-order valence-electron chi connectivity index (χ1n) is 17.4. The van der Waals surface area contributed by atoms with Gasteiger partial charge in [-0.3, -0.25) is 0 Å². The predicted molar refractivity (Wildman–Crippen MR) is 185 cm³/mol. The smallest absolute Gasteiger partial charge is 0.130 e. The third-order valence-electron chi connectivity index (χ3n) is 10.6. The molecule has 0 saturated heterocycles. The van der Waals surface area contributed by atoms with Gasteiger partial charge in [-0.1, -0.05) is 67.6 Å². The summed E-state index contributed by atoms with van der Waals surface area (Å²) >= 11 is 2.66. The molecule has 4 fully saturated rings. The third kappa shape index (κ3) is 9.72. The molecule has 1 aromatic rings. The van der Waals surface area contributed by atoms with Gasteiger partial charge < -0.3 is 9.84 Å². The summed E-state index contributed by atoms with van der Waals surface area (Å²) in [7, 11) is 0. The van der Waals surface area contributed by atoms with Crippen LogP contribution in [0.2, 0.25) is 0 Å². The molecule has 0 aromatic heterocycles. The molecule has 4 aliphatic rings. The van der Waals surface area contributed by atoms with E-state index in [9.17, 15) is 5.11 Å². The Morgan fingerprint density at radius 1 is 0.756 bits per heavy atom. The average molecular weight is 677 g/mol. The molecule has 0 radical (unpaired) electrons. The first-order chi connectivity index (χ1) is 19.6. The lowest BCUT2D eigenvalue weighted by molar-refractivity contribution is 0.0441. The molecule has 5 rings (SSSR count). The van der Waals surface area contributed by atoms with Crippen molar-refractivity contribution >= 4 is 28.7 Å². The molecule has 0 heterocycles. The Labute approximate surface area is 267 Å². The molecule has 4 saturated carbocycles. The maximum atomic E-state index is 10.1. The maximum Gasteiger partial charge on any atom is 0.130 e. The number of aliphatic hydroxyl groups is 1. The molecule has 0 bridgehead atoms. The number of ether oxygens (including phenoxy) is 1. The molecule has 41 heavy (non-hydrogen) atoms. The fraction of sp³-hybridized carbons (Fsp3) is 0.789. The molecule has 2 nitrogen and oxygen atoms in total. The van der Waals surface area contributed by atoms with Crippen molar-refractivity contribution in [1.29, 1.82) is 0 Å². The van der Waals surface area contributed by atoms with Crippen LogP contribution in [0.4, 0.5) is 0 Å². The van der Waals surface area contributed by atoms with Crippen molar-refractivity contribution in [2.45, 2.75) is 153 Å². The molecule has 232 valence electrons. The van der Waals surface area contributed by atoms with Crippen LogP contribution in [0.25, 0.3) is 6.08 Å². The van der Waals surface area contributed by atoms with Gasteiger partial charge in [-0.2, -0.15) is 0 Å². The molecule has 1 N–H and O–H groups in total. The topological polar surface area (TPSA) is 29.5 Å². The summed E-state index contributed by atoms with van der Waals surface area (Å²) in [6, 6.07) is 4.77. The number of hydrogen-bond donors (Lipinski definition) is 1. The Balaban J connectivity index is 0.000000909. The Hall–Kier alpha value is -0.550. The van der Waals surface area contributed by atoms with E-state index in [4.69, 9.17) is 4.74 Å². The number of alkyl halides is 1. The van der Waals surface area contributed by atoms with Gasteiger partial charge in [-0.05, 0) is 163 Å². The summed E-state index contributed by atoms with van der Waals surface area (Å²) in [4.78, 5) is 0. The summed E-state index contributed by atoms with van der Waals surface area (Å²) in [5.74, 6) is 6.84. The Kier molecular flexibility index (Phi) is 13.0. The van der Waals surface area contributed by atoms with E-state index in [1.807, 2.05) is 0 Å². The second-order valence-corrected chi connectivity index (χ2v) is 16.9. The SMILES string of the molecule is CC(C)C.Cc1c(C2CCC3CC(O)CCC3C2)ccc(/C=C/C2CCC(C3CCC(I)CC3)CC2)c1OC(C)C. The van der Waals surface area contributed by atoms with Gasteiger partial charge in [0.15, 0.2) is 0 Å². The lowest BCUT2D eigenvalue weighted by Gasteiger charge is -2.41. The minimum Gasteiger partial charge on any atom is -0.490 e. The van der Waals surface area contributed by atoms with Gasteiger partial charge in [0.2, 0.25) is 0 Å². The molecule has 4 aliphatic carbocycles. The molecule has 0 aliphatic heterocycles. The van der Waals surface area contributed by atoms with Gasteiger partial charge >= 0.3 is 0 Å².